The minimum atomic E-state index is -4.43. The van der Waals surface area contributed by atoms with E-state index in [0.29, 0.717) is 17.5 Å². The van der Waals surface area contributed by atoms with Crippen LogP contribution in [0.15, 0.2) is 29.4 Å². The van der Waals surface area contributed by atoms with Crippen molar-refractivity contribution in [1.29, 1.82) is 0 Å². The first-order valence-electron chi connectivity index (χ1n) is 10.5. The molecular formula is C21H27F3N4O2S. The van der Waals surface area contributed by atoms with Crippen LogP contribution in [-0.4, -0.2) is 32.5 Å². The molecule has 1 saturated carbocycles. The number of aromatic nitrogens is 3. The maximum atomic E-state index is 12.9. The number of nitrogens with one attached hydrogen (secondary N) is 1. The van der Waals surface area contributed by atoms with Crippen molar-refractivity contribution in [1.82, 2.24) is 20.1 Å². The predicted molar refractivity (Wildman–Crippen MR) is 112 cm³/mol. The summed E-state index contributed by atoms with van der Waals surface area (Å²) in [4.78, 5) is 12.3. The molecule has 2 aromatic rings. The lowest BCUT2D eigenvalue weighted by molar-refractivity contribution is -0.137. The van der Waals surface area contributed by atoms with Crippen LogP contribution in [-0.2, 0) is 24.1 Å². The number of amides is 1. The molecule has 10 heteroatoms. The van der Waals surface area contributed by atoms with Gasteiger partial charge in [-0.15, -0.1) is 10.2 Å². The smallest absolute Gasteiger partial charge is 0.416 e. The summed E-state index contributed by atoms with van der Waals surface area (Å²) in [5, 5.41) is 11.9. The predicted octanol–water partition coefficient (Wildman–Crippen LogP) is 4.83. The SMILES string of the molecule is CCn1c(COc2cccc(C(F)(F)F)c2)nnc1SCC(=O)NC1CCCCCC1. The molecule has 1 aromatic carbocycles. The molecule has 1 fully saturated rings. The van der Waals surface area contributed by atoms with Gasteiger partial charge in [0.1, 0.15) is 12.4 Å². The minimum absolute atomic E-state index is 0.0169. The average molecular weight is 457 g/mol. The number of halogens is 3. The summed E-state index contributed by atoms with van der Waals surface area (Å²) in [7, 11) is 0. The lowest BCUT2D eigenvalue weighted by Gasteiger charge is -2.16. The summed E-state index contributed by atoms with van der Waals surface area (Å²) in [5.41, 5.74) is -0.766. The van der Waals surface area contributed by atoms with Gasteiger partial charge in [0.15, 0.2) is 11.0 Å². The van der Waals surface area contributed by atoms with Gasteiger partial charge in [-0.3, -0.25) is 4.79 Å². The Morgan fingerprint density at radius 3 is 2.65 bits per heavy atom. The quantitative estimate of drug-likeness (QED) is 0.455. The number of ether oxygens (including phenoxy) is 1. The summed E-state index contributed by atoms with van der Waals surface area (Å²) in [6.45, 7) is 2.45. The van der Waals surface area contributed by atoms with Crippen molar-refractivity contribution in [3.05, 3.63) is 35.7 Å². The number of carbonyl (C=O) groups excluding carboxylic acids is 1. The monoisotopic (exact) mass is 456 g/mol. The first-order chi connectivity index (χ1) is 14.9. The van der Waals surface area contributed by atoms with Gasteiger partial charge in [-0.2, -0.15) is 13.2 Å². The summed E-state index contributed by atoms with van der Waals surface area (Å²) < 4.78 is 45.9. The van der Waals surface area contributed by atoms with Crippen LogP contribution in [0.25, 0.3) is 0 Å². The number of carbonyl (C=O) groups is 1. The largest absolute Gasteiger partial charge is 0.486 e. The fraction of sp³-hybridized carbons (Fsp3) is 0.571. The molecule has 0 atom stereocenters. The van der Waals surface area contributed by atoms with E-state index in [1.807, 2.05) is 6.92 Å². The first kappa shape index (κ1) is 23.4. The molecule has 0 radical (unpaired) electrons. The van der Waals surface area contributed by atoms with Gasteiger partial charge < -0.3 is 14.6 Å². The van der Waals surface area contributed by atoms with Gasteiger partial charge in [-0.1, -0.05) is 43.5 Å². The van der Waals surface area contributed by atoms with Crippen LogP contribution in [0.5, 0.6) is 5.75 Å². The van der Waals surface area contributed by atoms with E-state index in [2.05, 4.69) is 15.5 Å². The normalized spacial score (nSPS) is 15.5. The molecule has 1 aromatic heterocycles. The highest BCUT2D eigenvalue weighted by molar-refractivity contribution is 7.99. The highest BCUT2D eigenvalue weighted by atomic mass is 32.2. The van der Waals surface area contributed by atoms with Crippen molar-refractivity contribution < 1.29 is 22.7 Å². The second kappa shape index (κ2) is 10.9. The third-order valence-corrected chi connectivity index (χ3v) is 6.16. The Balaban J connectivity index is 1.55. The van der Waals surface area contributed by atoms with E-state index >= 15 is 0 Å². The fourth-order valence-electron chi connectivity index (χ4n) is 3.58. The number of benzene rings is 1. The minimum Gasteiger partial charge on any atom is -0.486 e. The van der Waals surface area contributed by atoms with E-state index in [1.54, 1.807) is 4.57 Å². The fourth-order valence-corrected chi connectivity index (χ4v) is 4.42. The third-order valence-electron chi connectivity index (χ3n) is 5.19. The van der Waals surface area contributed by atoms with Crippen molar-refractivity contribution in [2.45, 2.75) is 76.0 Å². The van der Waals surface area contributed by atoms with Crippen molar-refractivity contribution in [3.8, 4) is 5.75 Å². The zero-order valence-electron chi connectivity index (χ0n) is 17.5. The molecule has 1 heterocycles. The van der Waals surface area contributed by atoms with Crippen LogP contribution < -0.4 is 10.1 Å². The number of rotatable bonds is 8. The summed E-state index contributed by atoms with van der Waals surface area (Å²) in [5.74, 6) is 0.816. The molecule has 1 N–H and O–H groups in total. The molecule has 3 rings (SSSR count). The van der Waals surface area contributed by atoms with Gasteiger partial charge in [0.2, 0.25) is 5.91 Å². The molecular weight excluding hydrogens is 429 g/mol. The number of hydrogen-bond donors (Lipinski definition) is 1. The molecule has 0 aliphatic heterocycles. The Hall–Kier alpha value is -2.23. The second-order valence-corrected chi connectivity index (χ2v) is 8.44. The van der Waals surface area contributed by atoms with Gasteiger partial charge in [-0.25, -0.2) is 0 Å². The molecule has 0 bridgehead atoms. The summed E-state index contributed by atoms with van der Waals surface area (Å²) in [6, 6.07) is 4.97. The van der Waals surface area contributed by atoms with E-state index in [0.717, 1.165) is 37.8 Å². The van der Waals surface area contributed by atoms with Crippen molar-refractivity contribution in [3.63, 3.8) is 0 Å². The van der Waals surface area contributed by atoms with E-state index in [9.17, 15) is 18.0 Å². The van der Waals surface area contributed by atoms with Crippen LogP contribution in [0.3, 0.4) is 0 Å². The lowest BCUT2D eigenvalue weighted by Crippen LogP contribution is -2.35. The topological polar surface area (TPSA) is 69.0 Å². The highest BCUT2D eigenvalue weighted by Crippen LogP contribution is 2.31. The molecule has 0 saturated heterocycles. The van der Waals surface area contributed by atoms with Crippen LogP contribution in [0, 0.1) is 0 Å². The molecule has 1 aliphatic carbocycles. The molecule has 0 spiro atoms. The summed E-state index contributed by atoms with van der Waals surface area (Å²) in [6.07, 6.45) is 2.38. The lowest BCUT2D eigenvalue weighted by atomic mass is 10.1. The second-order valence-electron chi connectivity index (χ2n) is 7.50. The van der Waals surface area contributed by atoms with Gasteiger partial charge in [0.25, 0.3) is 0 Å². The average Bonchev–Trinajstić information content (AvgIpc) is 2.95. The molecule has 0 unspecified atom stereocenters. The maximum Gasteiger partial charge on any atom is 0.416 e. The van der Waals surface area contributed by atoms with Crippen molar-refractivity contribution in [2.75, 3.05) is 5.75 Å². The standard InChI is InChI=1S/C21H27F3N4O2S/c1-2-28-18(13-30-17-11-7-8-15(12-17)21(22,23)24)26-27-20(28)31-14-19(29)25-16-9-5-3-4-6-10-16/h7-8,11-12,16H,2-6,9-10,13-14H2,1H3,(H,25,29). The Morgan fingerprint density at radius 1 is 1.23 bits per heavy atom. The number of hydrogen-bond acceptors (Lipinski definition) is 5. The third kappa shape index (κ3) is 6.88. The van der Waals surface area contributed by atoms with Gasteiger partial charge in [0.05, 0.1) is 11.3 Å². The Labute approximate surface area is 183 Å². The van der Waals surface area contributed by atoms with Gasteiger partial charge in [-0.05, 0) is 38.0 Å². The molecule has 170 valence electrons. The van der Waals surface area contributed by atoms with Crippen LogP contribution >= 0.6 is 11.8 Å². The van der Waals surface area contributed by atoms with E-state index in [1.165, 1.54) is 36.7 Å². The zero-order valence-corrected chi connectivity index (χ0v) is 18.3. The molecule has 6 nitrogen and oxygen atoms in total. The Kier molecular flexibility index (Phi) is 8.22. The highest BCUT2D eigenvalue weighted by Gasteiger charge is 2.30. The van der Waals surface area contributed by atoms with E-state index < -0.39 is 11.7 Å². The molecule has 31 heavy (non-hydrogen) atoms. The van der Waals surface area contributed by atoms with Gasteiger partial charge >= 0.3 is 6.18 Å². The molecule has 1 amide bonds. The van der Waals surface area contributed by atoms with E-state index in [-0.39, 0.29) is 30.1 Å². The summed E-state index contributed by atoms with van der Waals surface area (Å²) >= 11 is 1.29. The van der Waals surface area contributed by atoms with Crippen LogP contribution in [0.1, 0.15) is 56.8 Å². The maximum absolute atomic E-state index is 12.9. The van der Waals surface area contributed by atoms with Crippen LogP contribution in [0.2, 0.25) is 0 Å². The van der Waals surface area contributed by atoms with Crippen molar-refractivity contribution in [2.24, 2.45) is 0 Å². The van der Waals surface area contributed by atoms with Gasteiger partial charge in [0, 0.05) is 12.6 Å². The van der Waals surface area contributed by atoms with E-state index in [4.69, 9.17) is 4.74 Å². The first-order valence-corrected chi connectivity index (χ1v) is 11.5. The number of alkyl halides is 3. The zero-order chi connectivity index (χ0) is 22.3. The van der Waals surface area contributed by atoms with Crippen molar-refractivity contribution >= 4 is 17.7 Å². The number of thioether (sulfide) groups is 1. The number of nitrogens with zero attached hydrogens (tertiary/aromatic N) is 3. The van der Waals surface area contributed by atoms with Crippen LogP contribution in [0.4, 0.5) is 13.2 Å². The Bertz CT molecular complexity index is 865. The Morgan fingerprint density at radius 2 is 1.97 bits per heavy atom. The molecule has 1 aliphatic rings.